The minimum atomic E-state index is 0.188. The molecule has 0 atom stereocenters. The molecule has 2 nitrogen and oxygen atoms in total. The Labute approximate surface area is 124 Å². The number of halogens is 1. The summed E-state index contributed by atoms with van der Waals surface area (Å²) in [6.45, 7) is 7.32. The average molecular weight is 324 g/mol. The van der Waals surface area contributed by atoms with Gasteiger partial charge < -0.3 is 4.90 Å². The Morgan fingerprint density at radius 2 is 2.05 bits per heavy atom. The Bertz CT molecular complexity index is 446. The van der Waals surface area contributed by atoms with Gasteiger partial charge in [-0.2, -0.15) is 0 Å². The molecule has 1 aliphatic carbocycles. The lowest BCUT2D eigenvalue weighted by Crippen LogP contribution is -2.34. The molecule has 1 aliphatic rings. The Morgan fingerprint density at radius 1 is 1.37 bits per heavy atom. The molecule has 0 spiro atoms. The van der Waals surface area contributed by atoms with E-state index < -0.39 is 0 Å². The van der Waals surface area contributed by atoms with Gasteiger partial charge in [-0.1, -0.05) is 29.8 Å². The zero-order valence-electron chi connectivity index (χ0n) is 11.9. The van der Waals surface area contributed by atoms with E-state index in [1.807, 2.05) is 25.1 Å². The highest BCUT2D eigenvalue weighted by atomic mass is 79.9. The molecular weight excluding hydrogens is 302 g/mol. The second kappa shape index (κ2) is 6.08. The van der Waals surface area contributed by atoms with E-state index in [-0.39, 0.29) is 5.91 Å². The monoisotopic (exact) mass is 323 g/mol. The van der Waals surface area contributed by atoms with Gasteiger partial charge >= 0.3 is 0 Å². The summed E-state index contributed by atoms with van der Waals surface area (Å²) in [6, 6.07) is 6.43. The van der Waals surface area contributed by atoms with Crippen LogP contribution in [-0.4, -0.2) is 23.4 Å². The van der Waals surface area contributed by atoms with E-state index in [0.29, 0.717) is 12.0 Å². The predicted molar refractivity (Wildman–Crippen MR) is 82.4 cm³/mol. The molecule has 0 radical (unpaired) electrons. The number of carbonyl (C=O) groups is 1. The third-order valence-corrected chi connectivity index (χ3v) is 3.94. The van der Waals surface area contributed by atoms with Crippen molar-refractivity contribution in [3.63, 3.8) is 0 Å². The molecule has 1 amide bonds. The second-order valence-electron chi connectivity index (χ2n) is 5.93. The minimum absolute atomic E-state index is 0.188. The van der Waals surface area contributed by atoms with Crippen LogP contribution in [0.25, 0.3) is 0 Å². The number of aryl methyl sites for hydroxylation is 1. The number of rotatable bonds is 5. The van der Waals surface area contributed by atoms with Crippen molar-refractivity contribution in [3.8, 4) is 0 Å². The van der Waals surface area contributed by atoms with Gasteiger partial charge in [0.05, 0.1) is 0 Å². The first-order chi connectivity index (χ1) is 8.97. The summed E-state index contributed by atoms with van der Waals surface area (Å²) in [5.74, 6) is 0.825. The fourth-order valence-corrected chi connectivity index (χ4v) is 2.87. The topological polar surface area (TPSA) is 20.3 Å². The van der Waals surface area contributed by atoms with Crippen molar-refractivity contribution in [2.75, 3.05) is 6.54 Å². The summed E-state index contributed by atoms with van der Waals surface area (Å²) in [6.07, 6.45) is 3.41. The summed E-state index contributed by atoms with van der Waals surface area (Å²) < 4.78 is 0.982. The lowest BCUT2D eigenvalue weighted by atomic mass is 10.1. The standard InChI is InChI=1S/C16H22BrNO/c1-11(2)6-7-18(15-4-5-15)16(19)13-8-12(3)9-14(17)10-13/h8-11,15H,4-7H2,1-3H3. The largest absolute Gasteiger partial charge is 0.336 e. The van der Waals surface area contributed by atoms with Gasteiger partial charge in [-0.3, -0.25) is 4.79 Å². The molecule has 0 aliphatic heterocycles. The van der Waals surface area contributed by atoms with Crippen LogP contribution in [0.1, 0.15) is 49.0 Å². The van der Waals surface area contributed by atoms with E-state index in [1.54, 1.807) is 0 Å². The normalized spacial score (nSPS) is 14.8. The molecule has 0 saturated heterocycles. The molecule has 0 heterocycles. The zero-order valence-corrected chi connectivity index (χ0v) is 13.5. The van der Waals surface area contributed by atoms with Crippen LogP contribution >= 0.6 is 15.9 Å². The average Bonchev–Trinajstić information content (AvgIpc) is 3.11. The molecule has 0 bridgehead atoms. The van der Waals surface area contributed by atoms with Crippen LogP contribution in [0.15, 0.2) is 22.7 Å². The molecule has 3 heteroatoms. The lowest BCUT2D eigenvalue weighted by molar-refractivity contribution is 0.0735. The number of benzene rings is 1. The molecule has 1 aromatic carbocycles. The summed E-state index contributed by atoms with van der Waals surface area (Å²) in [5.41, 5.74) is 1.93. The van der Waals surface area contributed by atoms with Crippen molar-refractivity contribution in [2.24, 2.45) is 5.92 Å². The van der Waals surface area contributed by atoms with E-state index in [2.05, 4.69) is 34.7 Å². The highest BCUT2D eigenvalue weighted by Gasteiger charge is 2.32. The van der Waals surface area contributed by atoms with Crippen LogP contribution in [0.5, 0.6) is 0 Å². The van der Waals surface area contributed by atoms with Crippen LogP contribution in [0.4, 0.5) is 0 Å². The molecular formula is C16H22BrNO. The fraction of sp³-hybridized carbons (Fsp3) is 0.562. The third-order valence-electron chi connectivity index (χ3n) is 3.48. The van der Waals surface area contributed by atoms with Gasteiger partial charge in [-0.05, 0) is 55.9 Å². The molecule has 19 heavy (non-hydrogen) atoms. The first-order valence-corrected chi connectivity index (χ1v) is 7.85. The lowest BCUT2D eigenvalue weighted by Gasteiger charge is -2.23. The van der Waals surface area contributed by atoms with Gasteiger partial charge in [0.1, 0.15) is 0 Å². The van der Waals surface area contributed by atoms with E-state index in [4.69, 9.17) is 0 Å². The van der Waals surface area contributed by atoms with Crippen molar-refractivity contribution in [3.05, 3.63) is 33.8 Å². The minimum Gasteiger partial charge on any atom is -0.336 e. The highest BCUT2D eigenvalue weighted by molar-refractivity contribution is 9.10. The number of nitrogens with zero attached hydrogens (tertiary/aromatic N) is 1. The Morgan fingerprint density at radius 3 is 2.58 bits per heavy atom. The van der Waals surface area contributed by atoms with E-state index in [9.17, 15) is 4.79 Å². The third kappa shape index (κ3) is 4.07. The summed E-state index contributed by atoms with van der Waals surface area (Å²) in [7, 11) is 0. The number of hydrogen-bond acceptors (Lipinski definition) is 1. The Kier molecular flexibility index (Phi) is 4.67. The number of amides is 1. The van der Waals surface area contributed by atoms with Crippen LogP contribution in [0.3, 0.4) is 0 Å². The van der Waals surface area contributed by atoms with E-state index >= 15 is 0 Å². The van der Waals surface area contributed by atoms with Crippen molar-refractivity contribution in [2.45, 2.75) is 46.1 Å². The van der Waals surface area contributed by atoms with Crippen molar-refractivity contribution < 1.29 is 4.79 Å². The number of hydrogen-bond donors (Lipinski definition) is 0. The molecule has 1 aromatic rings. The molecule has 1 saturated carbocycles. The van der Waals surface area contributed by atoms with E-state index in [0.717, 1.165) is 41.4 Å². The predicted octanol–water partition coefficient (Wildman–Crippen LogP) is 4.41. The van der Waals surface area contributed by atoms with Gasteiger partial charge in [0.15, 0.2) is 0 Å². The first-order valence-electron chi connectivity index (χ1n) is 7.05. The van der Waals surface area contributed by atoms with Crippen molar-refractivity contribution >= 4 is 21.8 Å². The summed E-state index contributed by atoms with van der Waals surface area (Å²) in [5, 5.41) is 0. The summed E-state index contributed by atoms with van der Waals surface area (Å²) >= 11 is 3.47. The summed E-state index contributed by atoms with van der Waals surface area (Å²) in [4.78, 5) is 14.7. The molecule has 0 aromatic heterocycles. The SMILES string of the molecule is Cc1cc(Br)cc(C(=O)N(CCC(C)C)C2CC2)c1. The fourth-order valence-electron chi connectivity index (χ4n) is 2.26. The van der Waals surface area contributed by atoms with E-state index in [1.165, 1.54) is 0 Å². The molecule has 0 N–H and O–H groups in total. The maximum atomic E-state index is 12.6. The van der Waals surface area contributed by atoms with Crippen LogP contribution < -0.4 is 0 Å². The van der Waals surface area contributed by atoms with Gasteiger partial charge in [0.25, 0.3) is 5.91 Å². The Balaban J connectivity index is 2.14. The first kappa shape index (κ1) is 14.6. The van der Waals surface area contributed by atoms with Crippen LogP contribution in [0.2, 0.25) is 0 Å². The van der Waals surface area contributed by atoms with Crippen LogP contribution in [0, 0.1) is 12.8 Å². The highest BCUT2D eigenvalue weighted by Crippen LogP contribution is 2.29. The quantitative estimate of drug-likeness (QED) is 0.786. The van der Waals surface area contributed by atoms with Crippen molar-refractivity contribution in [1.82, 2.24) is 4.90 Å². The zero-order chi connectivity index (χ0) is 14.0. The maximum Gasteiger partial charge on any atom is 0.254 e. The van der Waals surface area contributed by atoms with Gasteiger partial charge in [0.2, 0.25) is 0 Å². The van der Waals surface area contributed by atoms with Gasteiger partial charge in [-0.25, -0.2) is 0 Å². The molecule has 104 valence electrons. The van der Waals surface area contributed by atoms with Crippen LogP contribution in [-0.2, 0) is 0 Å². The molecule has 1 fully saturated rings. The second-order valence-corrected chi connectivity index (χ2v) is 6.85. The Hall–Kier alpha value is -0.830. The van der Waals surface area contributed by atoms with Gasteiger partial charge in [0, 0.05) is 22.6 Å². The molecule has 2 rings (SSSR count). The smallest absolute Gasteiger partial charge is 0.254 e. The number of carbonyl (C=O) groups excluding carboxylic acids is 1. The molecule has 0 unspecified atom stereocenters. The van der Waals surface area contributed by atoms with Gasteiger partial charge in [-0.15, -0.1) is 0 Å². The van der Waals surface area contributed by atoms with Crippen molar-refractivity contribution in [1.29, 1.82) is 0 Å². The maximum absolute atomic E-state index is 12.6.